The van der Waals surface area contributed by atoms with Crippen molar-refractivity contribution in [1.82, 2.24) is 48.8 Å². The molecule has 18 nitrogen and oxygen atoms in total. The van der Waals surface area contributed by atoms with E-state index in [4.69, 9.17) is 34.4 Å². The zero-order chi connectivity index (χ0) is 63.6. The summed E-state index contributed by atoms with van der Waals surface area (Å²) in [5, 5.41) is 0.361. The van der Waals surface area contributed by atoms with Crippen molar-refractivity contribution in [2.24, 2.45) is 5.92 Å². The molecule has 4 bridgehead atoms. The average molecular weight is 1230 g/mol. The van der Waals surface area contributed by atoms with Crippen molar-refractivity contribution in [3.05, 3.63) is 165 Å². The Morgan fingerprint density at radius 2 is 1.23 bits per heavy atom. The Balaban J connectivity index is 0.906. The van der Waals surface area contributed by atoms with Crippen LogP contribution in [0.2, 0.25) is 0 Å². The Bertz CT molecular complexity index is 4370. The minimum absolute atomic E-state index is 0.00537. The second-order valence-corrected chi connectivity index (χ2v) is 25.1. The van der Waals surface area contributed by atoms with E-state index in [1.807, 2.05) is 71.3 Å². The second kappa shape index (κ2) is 24.2. The number of allylic oxidation sites excluding steroid dienone is 1. The Labute approximate surface area is 517 Å². The third-order valence-electron chi connectivity index (χ3n) is 17.5. The number of halogens is 4. The molecule has 2 fully saturated rings. The summed E-state index contributed by atoms with van der Waals surface area (Å²) in [5.41, 5.74) is 0.143. The van der Waals surface area contributed by atoms with Gasteiger partial charge in [0.25, 0.3) is 0 Å². The first-order chi connectivity index (χ1) is 43.1. The number of rotatable bonds is 6. The maximum atomic E-state index is 17.0. The van der Waals surface area contributed by atoms with E-state index >= 15 is 22.4 Å². The second-order valence-electron chi connectivity index (χ2n) is 25.1. The molecular formula is C68H70F4N12O6. The first kappa shape index (κ1) is 60.9. The number of pyridine rings is 4. The summed E-state index contributed by atoms with van der Waals surface area (Å²) in [7, 11) is 0. The fourth-order valence-electron chi connectivity index (χ4n) is 13.1. The van der Waals surface area contributed by atoms with Gasteiger partial charge in [0.15, 0.2) is 22.9 Å². The third kappa shape index (κ3) is 11.2. The van der Waals surface area contributed by atoms with Gasteiger partial charge in [-0.05, 0) is 137 Å². The number of hydrogen-bond donors (Lipinski definition) is 0. The van der Waals surface area contributed by atoms with Crippen molar-refractivity contribution in [3.63, 3.8) is 0 Å². The van der Waals surface area contributed by atoms with Gasteiger partial charge in [-0.1, -0.05) is 59.4 Å². The molecule has 2 amide bonds. The van der Waals surface area contributed by atoms with Crippen LogP contribution in [0.3, 0.4) is 0 Å². The number of aryl methyl sites for hydroxylation is 1. The van der Waals surface area contributed by atoms with Gasteiger partial charge < -0.3 is 29.1 Å². The molecule has 90 heavy (non-hydrogen) atoms. The largest absolute Gasteiger partial charge is 0.493 e. The predicted molar refractivity (Wildman–Crippen MR) is 336 cm³/mol. The monoisotopic (exact) mass is 1230 g/mol. The molecule has 22 heteroatoms. The zero-order valence-corrected chi connectivity index (χ0v) is 51.6. The topological polar surface area (TPSA) is 187 Å². The van der Waals surface area contributed by atoms with Crippen molar-refractivity contribution < 1.29 is 36.6 Å². The van der Waals surface area contributed by atoms with E-state index in [1.165, 1.54) is 63.8 Å². The van der Waals surface area contributed by atoms with E-state index < -0.39 is 52.0 Å². The highest BCUT2D eigenvalue weighted by molar-refractivity contribution is 5.93. The maximum Gasteiger partial charge on any atom is 0.355 e. The van der Waals surface area contributed by atoms with Crippen molar-refractivity contribution >= 4 is 45.5 Å². The molecule has 0 aliphatic carbocycles. The molecule has 0 spiro atoms. The van der Waals surface area contributed by atoms with Crippen LogP contribution in [-0.2, 0) is 27.8 Å². The molecule has 0 saturated carbocycles. The summed E-state index contributed by atoms with van der Waals surface area (Å²) in [4.78, 5) is 93.1. The molecule has 4 aliphatic rings. The fourth-order valence-corrected chi connectivity index (χ4v) is 13.1. The summed E-state index contributed by atoms with van der Waals surface area (Å²) < 4.78 is 81.9. The summed E-state index contributed by atoms with van der Waals surface area (Å²) in [6, 6.07) is 13.7. The molecule has 466 valence electrons. The average Bonchev–Trinajstić information content (AvgIpc) is 0.888. The minimum Gasteiger partial charge on any atom is -0.493 e. The lowest BCUT2D eigenvalue weighted by Crippen LogP contribution is -2.54. The predicted octanol–water partition coefficient (Wildman–Crippen LogP) is 10.5. The smallest absolute Gasteiger partial charge is 0.355 e. The van der Waals surface area contributed by atoms with E-state index in [9.17, 15) is 14.4 Å². The van der Waals surface area contributed by atoms with Crippen molar-refractivity contribution in [1.29, 1.82) is 0 Å². The van der Waals surface area contributed by atoms with Gasteiger partial charge in [0, 0.05) is 69.2 Å². The van der Waals surface area contributed by atoms with Crippen LogP contribution < -0.4 is 30.7 Å². The normalized spacial score (nSPS) is 18.9. The van der Waals surface area contributed by atoms with Crippen LogP contribution >= 0.6 is 0 Å². The van der Waals surface area contributed by atoms with E-state index in [0.717, 1.165) is 5.56 Å². The summed E-state index contributed by atoms with van der Waals surface area (Å²) in [6.45, 7) is 20.3. The van der Waals surface area contributed by atoms with Crippen LogP contribution in [0.4, 0.5) is 29.2 Å². The van der Waals surface area contributed by atoms with Crippen molar-refractivity contribution in [3.8, 4) is 45.4 Å². The number of ether oxygens (including phenoxy) is 2. The molecule has 6 aromatic heterocycles. The number of hydrogen-bond acceptors (Lipinski definition) is 14. The number of benzene rings is 2. The highest BCUT2D eigenvalue weighted by atomic mass is 19.1. The van der Waals surface area contributed by atoms with Crippen LogP contribution in [0.15, 0.2) is 107 Å². The van der Waals surface area contributed by atoms with Crippen LogP contribution in [0.25, 0.3) is 56.0 Å². The molecule has 12 rings (SSSR count). The van der Waals surface area contributed by atoms with Crippen LogP contribution in [0.5, 0.6) is 11.5 Å². The molecule has 2 saturated heterocycles. The number of piperazine rings is 2. The molecule has 4 aliphatic heterocycles. The molecule has 0 N–H and O–H groups in total. The summed E-state index contributed by atoms with van der Waals surface area (Å²) in [5.74, 6) is -4.09. The number of carbonyl (C=O) groups excluding carboxylic acids is 2. The van der Waals surface area contributed by atoms with Gasteiger partial charge >= 0.3 is 11.4 Å². The first-order valence-corrected chi connectivity index (χ1v) is 30.6. The number of aromatic nitrogens is 8. The lowest BCUT2D eigenvalue weighted by atomic mass is 9.86. The molecule has 2 unspecified atom stereocenters. The number of amides is 2. The lowest BCUT2D eigenvalue weighted by molar-refractivity contribution is -0.127. The number of fused-ring (bicyclic) bond motifs is 10. The Morgan fingerprint density at radius 1 is 0.678 bits per heavy atom. The van der Waals surface area contributed by atoms with Gasteiger partial charge in [-0.25, -0.2) is 46.3 Å². The summed E-state index contributed by atoms with van der Waals surface area (Å²) >= 11 is 0. The fraction of sp³-hybridized carbons (Fsp3) is 0.382. The van der Waals surface area contributed by atoms with Crippen LogP contribution in [0, 0.1) is 29.2 Å². The first-order valence-electron chi connectivity index (χ1n) is 30.6. The number of nitrogens with zero attached hydrogens (tertiary/aromatic N) is 12. The number of carbonyl (C=O) groups is 2. The van der Waals surface area contributed by atoms with Crippen molar-refractivity contribution in [2.45, 2.75) is 117 Å². The molecule has 8 aromatic rings. The van der Waals surface area contributed by atoms with Gasteiger partial charge in [-0.15, -0.1) is 0 Å². The van der Waals surface area contributed by atoms with Crippen LogP contribution in [-0.4, -0.2) is 125 Å². The Kier molecular flexibility index (Phi) is 16.4. The highest BCUT2D eigenvalue weighted by Crippen LogP contribution is 2.42. The van der Waals surface area contributed by atoms with E-state index in [-0.39, 0.29) is 156 Å². The molecule has 10 heterocycles. The highest BCUT2D eigenvalue weighted by Gasteiger charge is 2.36. The van der Waals surface area contributed by atoms with E-state index in [1.54, 1.807) is 40.4 Å². The van der Waals surface area contributed by atoms with Crippen molar-refractivity contribution in [2.75, 3.05) is 55.7 Å². The van der Waals surface area contributed by atoms with Gasteiger partial charge in [-0.2, -0.15) is 9.97 Å². The quantitative estimate of drug-likeness (QED) is 0.113. The van der Waals surface area contributed by atoms with E-state index in [2.05, 4.69) is 11.6 Å². The molecule has 4 atom stereocenters. The number of anilines is 2. The van der Waals surface area contributed by atoms with E-state index in [0.29, 0.717) is 47.6 Å². The van der Waals surface area contributed by atoms with Gasteiger partial charge in [0.2, 0.25) is 11.8 Å². The van der Waals surface area contributed by atoms with Gasteiger partial charge in [-0.3, -0.25) is 19.6 Å². The molecular weight excluding hydrogens is 1160 g/mol. The van der Waals surface area contributed by atoms with Crippen LogP contribution in [0.1, 0.15) is 103 Å². The zero-order valence-electron chi connectivity index (χ0n) is 51.6. The minimum atomic E-state index is -0.886. The lowest BCUT2D eigenvalue weighted by Gasteiger charge is -2.40. The summed E-state index contributed by atoms with van der Waals surface area (Å²) in [6.07, 6.45) is 9.78. The van der Waals surface area contributed by atoms with Gasteiger partial charge in [0.05, 0.1) is 57.4 Å². The molecule has 0 radical (unpaired) electrons. The molecule has 2 aromatic carbocycles. The SMILES string of the molecule is C=CC(=O)N1CCN(c2nc(=O)n3c4nc(c(F)cc24)-c2c(F)cccc2OCCC(/C=C\C(=O)N2CCN(c4nc(=O)n5c6nc(c(F)cc46)-c4c(F)cccc4OC(C)CCCc4ccnc(C(C)C)c4-5)[C@@H](C)C2)Cc2ccnc(C(C)(C)C)c2-3)[C@@H](C)C1. The Morgan fingerprint density at radius 3 is 1.81 bits per heavy atom. The third-order valence-corrected chi connectivity index (χ3v) is 17.5. The Hall–Kier alpha value is -9.34. The van der Waals surface area contributed by atoms with Gasteiger partial charge in [0.1, 0.15) is 46.2 Å². The maximum absolute atomic E-state index is 17.0. The standard InChI is InChI=1S/C68H70F4N12O6/c1-10-52(85)79-27-29-81(38(4)35-79)63-45-34-48(71)57-54-46(69)16-12-18-50(54)89-31-24-41(32-43-23-26-74-61(68(7,8)9)60(43)84(65(45)75-57)67(88)78-63)20-21-53(86)80-28-30-82(39(5)36-80)62-44-33-49(72)58-55-47(70)17-13-19-51(55)90-40(6)14-11-15-42-22-25-73-56(37(2)3)59(42)83(64(44)76-58)66(87)77-62/h10,12-13,16-23,25-26,33-34,37-41H,1,11,14-15,24,27-32,35-36H2,2-9H3/b21-20-/t38-,39-,40?,41?/m0/s1.